The molecule has 4 heteroatoms. The van der Waals surface area contributed by atoms with E-state index in [1.54, 1.807) is 0 Å². The molecular formula is C12H15F2NO. The molecule has 88 valence electrons. The quantitative estimate of drug-likeness (QED) is 0.852. The number of rotatable bonds is 3. The average Bonchev–Trinajstić information content (AvgIpc) is 2.71. The van der Waals surface area contributed by atoms with Crippen molar-refractivity contribution in [1.82, 2.24) is 4.90 Å². The van der Waals surface area contributed by atoms with Crippen LogP contribution in [0.3, 0.4) is 0 Å². The highest BCUT2D eigenvalue weighted by Crippen LogP contribution is 2.21. The van der Waals surface area contributed by atoms with Crippen molar-refractivity contribution < 1.29 is 13.9 Å². The van der Waals surface area contributed by atoms with E-state index >= 15 is 0 Å². The lowest BCUT2D eigenvalue weighted by Crippen LogP contribution is -2.31. The fraction of sp³-hybridized carbons (Fsp3) is 0.500. The molecule has 1 aromatic rings. The first-order valence-electron chi connectivity index (χ1n) is 5.49. The van der Waals surface area contributed by atoms with E-state index in [9.17, 15) is 8.78 Å². The van der Waals surface area contributed by atoms with E-state index in [0.717, 1.165) is 31.5 Å². The van der Waals surface area contributed by atoms with Gasteiger partial charge in [0, 0.05) is 18.2 Å². The van der Waals surface area contributed by atoms with Gasteiger partial charge < -0.3 is 5.11 Å². The van der Waals surface area contributed by atoms with Gasteiger partial charge in [0.05, 0.1) is 6.61 Å². The van der Waals surface area contributed by atoms with Gasteiger partial charge in [-0.3, -0.25) is 4.90 Å². The van der Waals surface area contributed by atoms with E-state index in [0.29, 0.717) is 12.1 Å². The molecule has 0 aromatic heterocycles. The largest absolute Gasteiger partial charge is 0.395 e. The smallest absolute Gasteiger partial charge is 0.127 e. The molecule has 1 heterocycles. The molecule has 0 unspecified atom stereocenters. The Bertz CT molecular complexity index is 370. The van der Waals surface area contributed by atoms with Crippen LogP contribution in [0.1, 0.15) is 18.4 Å². The van der Waals surface area contributed by atoms with Gasteiger partial charge in [0.2, 0.25) is 0 Å². The number of aliphatic hydroxyl groups is 1. The first-order chi connectivity index (χ1) is 7.70. The Morgan fingerprint density at radius 3 is 2.94 bits per heavy atom. The van der Waals surface area contributed by atoms with Gasteiger partial charge in [0.1, 0.15) is 11.6 Å². The molecule has 0 amide bonds. The lowest BCUT2D eigenvalue weighted by atomic mass is 10.1. The van der Waals surface area contributed by atoms with E-state index in [-0.39, 0.29) is 18.5 Å². The summed E-state index contributed by atoms with van der Waals surface area (Å²) in [5.41, 5.74) is 0.361. The molecule has 0 aliphatic carbocycles. The summed E-state index contributed by atoms with van der Waals surface area (Å²) in [7, 11) is 0. The Kier molecular flexibility index (Phi) is 3.51. The van der Waals surface area contributed by atoms with E-state index in [2.05, 4.69) is 0 Å². The molecule has 2 rings (SSSR count). The molecule has 16 heavy (non-hydrogen) atoms. The Hall–Kier alpha value is -1.00. The maximum absolute atomic E-state index is 13.4. The van der Waals surface area contributed by atoms with Crippen molar-refractivity contribution in [3.05, 3.63) is 35.4 Å². The van der Waals surface area contributed by atoms with Crippen LogP contribution in [0.5, 0.6) is 0 Å². The van der Waals surface area contributed by atoms with Gasteiger partial charge in [0.15, 0.2) is 0 Å². The normalized spacial score (nSPS) is 21.6. The summed E-state index contributed by atoms with van der Waals surface area (Å²) in [4.78, 5) is 2.00. The molecule has 0 saturated carbocycles. The first kappa shape index (κ1) is 11.5. The van der Waals surface area contributed by atoms with Crippen molar-refractivity contribution in [1.29, 1.82) is 0 Å². The van der Waals surface area contributed by atoms with Crippen molar-refractivity contribution in [2.75, 3.05) is 13.2 Å². The summed E-state index contributed by atoms with van der Waals surface area (Å²) in [6.07, 6.45) is 1.93. The number of likely N-dealkylation sites (tertiary alicyclic amines) is 1. The molecule has 0 radical (unpaired) electrons. The summed E-state index contributed by atoms with van der Waals surface area (Å²) < 4.78 is 26.4. The molecule has 2 nitrogen and oxygen atoms in total. The molecular weight excluding hydrogens is 212 g/mol. The lowest BCUT2D eigenvalue weighted by molar-refractivity contribution is 0.152. The first-order valence-corrected chi connectivity index (χ1v) is 5.49. The Balaban J connectivity index is 2.11. The molecule has 1 N–H and O–H groups in total. The van der Waals surface area contributed by atoms with Gasteiger partial charge in [-0.25, -0.2) is 8.78 Å². The molecule has 0 spiro atoms. The number of aliphatic hydroxyl groups excluding tert-OH is 1. The zero-order valence-electron chi connectivity index (χ0n) is 9.00. The van der Waals surface area contributed by atoms with Crippen LogP contribution in [0.25, 0.3) is 0 Å². The number of hydrogen-bond donors (Lipinski definition) is 1. The monoisotopic (exact) mass is 227 g/mol. The molecule has 1 atom stereocenters. The maximum Gasteiger partial charge on any atom is 0.127 e. The molecule has 1 aliphatic heterocycles. The van der Waals surface area contributed by atoms with E-state index in [1.807, 2.05) is 4.90 Å². The second kappa shape index (κ2) is 4.89. The highest BCUT2D eigenvalue weighted by atomic mass is 19.1. The van der Waals surface area contributed by atoms with Crippen molar-refractivity contribution in [2.45, 2.75) is 25.4 Å². The highest BCUT2D eigenvalue weighted by Gasteiger charge is 2.24. The third-order valence-electron chi connectivity index (χ3n) is 3.09. The Morgan fingerprint density at radius 2 is 2.19 bits per heavy atom. The fourth-order valence-electron chi connectivity index (χ4n) is 2.19. The summed E-state index contributed by atoms with van der Waals surface area (Å²) in [5, 5.41) is 9.13. The van der Waals surface area contributed by atoms with Crippen LogP contribution in [0.2, 0.25) is 0 Å². The van der Waals surface area contributed by atoms with E-state index in [1.165, 1.54) is 6.07 Å². The van der Waals surface area contributed by atoms with Crippen LogP contribution < -0.4 is 0 Å². The SMILES string of the molecule is OC[C@H]1CCCN1Cc1cc(F)ccc1F. The van der Waals surface area contributed by atoms with Crippen LogP contribution in [-0.4, -0.2) is 29.2 Å². The van der Waals surface area contributed by atoms with Crippen molar-refractivity contribution >= 4 is 0 Å². The fourth-order valence-corrected chi connectivity index (χ4v) is 2.19. The third kappa shape index (κ3) is 2.39. The predicted octanol–water partition coefficient (Wildman–Crippen LogP) is 1.92. The number of hydrogen-bond acceptors (Lipinski definition) is 2. The van der Waals surface area contributed by atoms with Crippen LogP contribution in [0, 0.1) is 11.6 Å². The lowest BCUT2D eigenvalue weighted by Gasteiger charge is -2.22. The number of nitrogens with zero attached hydrogens (tertiary/aromatic N) is 1. The van der Waals surface area contributed by atoms with Crippen molar-refractivity contribution in [2.24, 2.45) is 0 Å². The maximum atomic E-state index is 13.4. The van der Waals surface area contributed by atoms with Gasteiger partial charge >= 0.3 is 0 Å². The molecule has 1 aromatic carbocycles. The Morgan fingerprint density at radius 1 is 1.38 bits per heavy atom. The van der Waals surface area contributed by atoms with Crippen LogP contribution in [0.4, 0.5) is 8.78 Å². The molecule has 1 aliphatic rings. The number of benzene rings is 1. The summed E-state index contributed by atoms with van der Waals surface area (Å²) in [5.74, 6) is -0.805. The average molecular weight is 227 g/mol. The minimum Gasteiger partial charge on any atom is -0.395 e. The summed E-state index contributed by atoms with van der Waals surface area (Å²) in [6.45, 7) is 1.28. The van der Waals surface area contributed by atoms with Crippen LogP contribution >= 0.6 is 0 Å². The van der Waals surface area contributed by atoms with Crippen LogP contribution in [0.15, 0.2) is 18.2 Å². The topological polar surface area (TPSA) is 23.5 Å². The molecule has 0 bridgehead atoms. The predicted molar refractivity (Wildman–Crippen MR) is 56.9 cm³/mol. The van der Waals surface area contributed by atoms with Crippen molar-refractivity contribution in [3.63, 3.8) is 0 Å². The van der Waals surface area contributed by atoms with Gasteiger partial charge in [-0.1, -0.05) is 0 Å². The van der Waals surface area contributed by atoms with Gasteiger partial charge in [-0.2, -0.15) is 0 Å². The minimum atomic E-state index is -0.420. The second-order valence-corrected chi connectivity index (χ2v) is 4.18. The second-order valence-electron chi connectivity index (χ2n) is 4.18. The number of halogens is 2. The summed E-state index contributed by atoms with van der Waals surface area (Å²) in [6, 6.07) is 3.58. The standard InChI is InChI=1S/C12H15F2NO/c13-10-3-4-12(14)9(6-10)7-15-5-1-2-11(15)8-16/h3-4,6,11,16H,1-2,5,7-8H2/t11-/m1/s1. The van der Waals surface area contributed by atoms with Crippen LogP contribution in [-0.2, 0) is 6.54 Å². The van der Waals surface area contributed by atoms with Gasteiger partial charge in [-0.05, 0) is 37.6 Å². The summed E-state index contributed by atoms with van der Waals surface area (Å²) >= 11 is 0. The van der Waals surface area contributed by atoms with E-state index < -0.39 is 5.82 Å². The van der Waals surface area contributed by atoms with Gasteiger partial charge in [-0.15, -0.1) is 0 Å². The highest BCUT2D eigenvalue weighted by molar-refractivity contribution is 5.18. The van der Waals surface area contributed by atoms with Gasteiger partial charge in [0.25, 0.3) is 0 Å². The molecule has 1 fully saturated rings. The Labute approximate surface area is 93.5 Å². The van der Waals surface area contributed by atoms with Crippen molar-refractivity contribution in [3.8, 4) is 0 Å². The van der Waals surface area contributed by atoms with E-state index in [4.69, 9.17) is 5.11 Å². The molecule has 1 saturated heterocycles. The zero-order chi connectivity index (χ0) is 11.5. The zero-order valence-corrected chi connectivity index (χ0v) is 9.00. The third-order valence-corrected chi connectivity index (χ3v) is 3.09. The minimum absolute atomic E-state index is 0.0803.